The SMILES string of the molecule is CCCCCCCCCCCCCCCCCCCCCCCCC/C=C/C(O)C(CO)NC(=O)CCCCCCCCCCCCCCCCCCC/C=C\C/C=C\CCCCCCCCCCCCCOC(=O)CCCCCCCCCCCCCC. The van der Waals surface area contributed by atoms with Crippen molar-refractivity contribution in [2.24, 2.45) is 0 Å². The fraction of sp³-hybridized carbons (Fsp3) is 0.904. The molecular formula is C83H159NO5. The molecule has 0 rings (SSSR count). The van der Waals surface area contributed by atoms with Crippen molar-refractivity contribution < 1.29 is 24.5 Å². The van der Waals surface area contributed by atoms with Crippen LogP contribution in [0.1, 0.15) is 457 Å². The van der Waals surface area contributed by atoms with Gasteiger partial charge in [0.2, 0.25) is 5.91 Å². The first-order valence-corrected chi connectivity index (χ1v) is 40.8. The average molecular weight is 1250 g/mol. The molecule has 0 saturated heterocycles. The topological polar surface area (TPSA) is 95.9 Å². The zero-order valence-electron chi connectivity index (χ0n) is 60.4. The number of ether oxygens (including phenoxy) is 1. The summed E-state index contributed by atoms with van der Waals surface area (Å²) in [5.41, 5.74) is 0. The quantitative estimate of drug-likeness (QED) is 0.0320. The van der Waals surface area contributed by atoms with Crippen molar-refractivity contribution in [3.05, 3.63) is 36.5 Å². The van der Waals surface area contributed by atoms with Crippen molar-refractivity contribution in [2.45, 2.75) is 469 Å². The number of esters is 1. The van der Waals surface area contributed by atoms with Crippen LogP contribution in [0, 0.1) is 0 Å². The van der Waals surface area contributed by atoms with Crippen molar-refractivity contribution in [1.29, 1.82) is 0 Å². The summed E-state index contributed by atoms with van der Waals surface area (Å²) in [6.45, 7) is 4.95. The smallest absolute Gasteiger partial charge is 0.305 e. The molecule has 6 nitrogen and oxygen atoms in total. The minimum absolute atomic E-state index is 0.0180. The third-order valence-corrected chi connectivity index (χ3v) is 19.2. The van der Waals surface area contributed by atoms with E-state index in [2.05, 4.69) is 43.5 Å². The van der Waals surface area contributed by atoms with Crippen molar-refractivity contribution >= 4 is 11.9 Å². The van der Waals surface area contributed by atoms with E-state index in [9.17, 15) is 19.8 Å². The average Bonchev–Trinajstić information content (AvgIpc) is 3.58. The minimum atomic E-state index is -0.845. The van der Waals surface area contributed by atoms with E-state index < -0.39 is 12.1 Å². The third-order valence-electron chi connectivity index (χ3n) is 19.2. The largest absolute Gasteiger partial charge is 0.466 e. The van der Waals surface area contributed by atoms with Gasteiger partial charge in [-0.15, -0.1) is 0 Å². The first-order chi connectivity index (χ1) is 44.0. The predicted octanol–water partition coefficient (Wildman–Crippen LogP) is 27.0. The molecule has 6 heteroatoms. The highest BCUT2D eigenvalue weighted by atomic mass is 16.5. The first-order valence-electron chi connectivity index (χ1n) is 40.8. The van der Waals surface area contributed by atoms with Crippen molar-refractivity contribution in [2.75, 3.05) is 13.2 Å². The maximum absolute atomic E-state index is 12.6. The molecule has 3 N–H and O–H groups in total. The van der Waals surface area contributed by atoms with Crippen molar-refractivity contribution in [3.8, 4) is 0 Å². The molecule has 0 aromatic heterocycles. The molecule has 2 atom stereocenters. The Labute approximate surface area is 557 Å². The van der Waals surface area contributed by atoms with E-state index in [1.54, 1.807) is 6.08 Å². The van der Waals surface area contributed by atoms with Crippen LogP contribution in [-0.2, 0) is 14.3 Å². The van der Waals surface area contributed by atoms with Crippen LogP contribution in [0.15, 0.2) is 36.5 Å². The highest BCUT2D eigenvalue weighted by Gasteiger charge is 2.18. The van der Waals surface area contributed by atoms with E-state index in [0.29, 0.717) is 19.4 Å². The van der Waals surface area contributed by atoms with Gasteiger partial charge in [-0.25, -0.2) is 0 Å². The number of nitrogens with one attached hydrogen (secondary N) is 1. The number of carbonyl (C=O) groups excluding carboxylic acids is 2. The molecule has 0 aromatic rings. The van der Waals surface area contributed by atoms with Gasteiger partial charge in [0.05, 0.1) is 25.4 Å². The zero-order chi connectivity index (χ0) is 64.2. The molecule has 0 aliphatic rings. The van der Waals surface area contributed by atoms with Gasteiger partial charge in [0.1, 0.15) is 0 Å². The van der Waals surface area contributed by atoms with Crippen LogP contribution < -0.4 is 5.32 Å². The molecule has 1 amide bonds. The molecule has 0 bridgehead atoms. The number of carbonyl (C=O) groups is 2. The van der Waals surface area contributed by atoms with E-state index >= 15 is 0 Å². The molecule has 0 fully saturated rings. The van der Waals surface area contributed by atoms with Gasteiger partial charge in [0, 0.05) is 12.8 Å². The molecule has 0 aliphatic heterocycles. The molecule has 0 heterocycles. The van der Waals surface area contributed by atoms with E-state index in [-0.39, 0.29) is 18.5 Å². The van der Waals surface area contributed by atoms with Gasteiger partial charge >= 0.3 is 5.97 Å². The van der Waals surface area contributed by atoms with Crippen LogP contribution >= 0.6 is 0 Å². The fourth-order valence-corrected chi connectivity index (χ4v) is 13.0. The summed E-state index contributed by atoms with van der Waals surface area (Å²) in [5.74, 6) is -0.0424. The summed E-state index contributed by atoms with van der Waals surface area (Å²) in [6.07, 6.45) is 103. The number of hydrogen-bond donors (Lipinski definition) is 3. The predicted molar refractivity (Wildman–Crippen MR) is 393 cm³/mol. The second-order valence-electron chi connectivity index (χ2n) is 28.1. The number of aliphatic hydroxyl groups excluding tert-OH is 2. The maximum Gasteiger partial charge on any atom is 0.305 e. The maximum atomic E-state index is 12.6. The molecule has 0 aliphatic carbocycles. The monoisotopic (exact) mass is 1250 g/mol. The molecular weight excluding hydrogens is 1090 g/mol. The van der Waals surface area contributed by atoms with Gasteiger partial charge in [-0.2, -0.15) is 0 Å². The van der Waals surface area contributed by atoms with Crippen LogP contribution in [0.25, 0.3) is 0 Å². The van der Waals surface area contributed by atoms with Gasteiger partial charge in [0.15, 0.2) is 0 Å². The number of aliphatic hydroxyl groups is 2. The molecule has 0 aromatic carbocycles. The molecule has 0 radical (unpaired) electrons. The Hall–Kier alpha value is -1.92. The Morgan fingerprint density at radius 1 is 0.315 bits per heavy atom. The van der Waals surface area contributed by atoms with Crippen molar-refractivity contribution in [1.82, 2.24) is 5.32 Å². The van der Waals surface area contributed by atoms with Crippen LogP contribution in [0.2, 0.25) is 0 Å². The molecule has 0 saturated carbocycles. The Kier molecular flexibility index (Phi) is 76.8. The van der Waals surface area contributed by atoms with E-state index in [1.807, 2.05) is 6.08 Å². The molecule has 2 unspecified atom stereocenters. The van der Waals surface area contributed by atoms with Gasteiger partial charge in [-0.1, -0.05) is 416 Å². The highest BCUT2D eigenvalue weighted by Crippen LogP contribution is 2.20. The standard InChI is InChI=1S/C83H159NO5/c1-3-5-7-9-11-13-15-17-18-19-20-21-22-34-37-40-43-46-49-52-55-59-63-67-71-75-81(86)80(79-85)84-82(87)76-72-68-64-60-56-53-50-47-44-41-38-35-32-30-28-26-24-23-25-27-29-31-33-36-39-42-45-48-51-54-58-62-66-70-74-78-89-83(88)77-73-69-65-61-57-16-14-12-10-8-6-4-2/h25,27,31,33,71,75,80-81,85-86H,3-24,26,28-30,32,34-70,72-74,76-79H2,1-2H3,(H,84,87)/b27-25-,33-31-,75-71+. The lowest BCUT2D eigenvalue weighted by Crippen LogP contribution is -2.45. The zero-order valence-corrected chi connectivity index (χ0v) is 60.4. The number of amides is 1. The summed E-state index contributed by atoms with van der Waals surface area (Å²) >= 11 is 0. The summed E-state index contributed by atoms with van der Waals surface area (Å²) < 4.78 is 5.49. The van der Waals surface area contributed by atoms with Crippen LogP contribution in [0.4, 0.5) is 0 Å². The summed E-state index contributed by atoms with van der Waals surface area (Å²) in [6, 6.07) is -0.628. The normalized spacial score (nSPS) is 12.6. The Bertz CT molecular complexity index is 1440. The Morgan fingerprint density at radius 3 is 0.854 bits per heavy atom. The Balaban J connectivity index is 3.40. The third kappa shape index (κ3) is 75.0. The first kappa shape index (κ1) is 87.1. The lowest BCUT2D eigenvalue weighted by Gasteiger charge is -2.20. The second kappa shape index (κ2) is 78.5. The van der Waals surface area contributed by atoms with Crippen LogP contribution in [-0.4, -0.2) is 47.4 Å². The molecule has 526 valence electrons. The van der Waals surface area contributed by atoms with Gasteiger partial charge in [-0.05, 0) is 64.2 Å². The minimum Gasteiger partial charge on any atom is -0.466 e. The second-order valence-corrected chi connectivity index (χ2v) is 28.1. The van der Waals surface area contributed by atoms with E-state index in [4.69, 9.17) is 4.74 Å². The van der Waals surface area contributed by atoms with Gasteiger partial charge < -0.3 is 20.3 Å². The number of unbranched alkanes of at least 4 members (excludes halogenated alkanes) is 62. The van der Waals surface area contributed by atoms with E-state index in [1.165, 1.54) is 385 Å². The Morgan fingerprint density at radius 2 is 0.562 bits per heavy atom. The van der Waals surface area contributed by atoms with Gasteiger partial charge in [-0.3, -0.25) is 9.59 Å². The summed E-state index contributed by atoms with van der Waals surface area (Å²) in [7, 11) is 0. The van der Waals surface area contributed by atoms with E-state index in [0.717, 1.165) is 44.9 Å². The summed E-state index contributed by atoms with van der Waals surface area (Å²) in [4.78, 5) is 24.6. The lowest BCUT2D eigenvalue weighted by atomic mass is 10.0. The van der Waals surface area contributed by atoms with Crippen molar-refractivity contribution in [3.63, 3.8) is 0 Å². The number of hydrogen-bond acceptors (Lipinski definition) is 5. The molecule has 0 spiro atoms. The lowest BCUT2D eigenvalue weighted by molar-refractivity contribution is -0.143. The fourth-order valence-electron chi connectivity index (χ4n) is 13.0. The highest BCUT2D eigenvalue weighted by molar-refractivity contribution is 5.76. The number of allylic oxidation sites excluding steroid dienone is 5. The summed E-state index contributed by atoms with van der Waals surface area (Å²) in [5, 5.41) is 23.3. The van der Waals surface area contributed by atoms with Crippen LogP contribution in [0.5, 0.6) is 0 Å². The van der Waals surface area contributed by atoms with Gasteiger partial charge in [0.25, 0.3) is 0 Å². The number of rotatable bonds is 77. The van der Waals surface area contributed by atoms with Crippen LogP contribution in [0.3, 0.4) is 0 Å². The molecule has 89 heavy (non-hydrogen) atoms.